The van der Waals surface area contributed by atoms with Crippen molar-refractivity contribution in [1.82, 2.24) is 0 Å². The van der Waals surface area contributed by atoms with Gasteiger partial charge in [-0.05, 0) is 66.0 Å². The molecule has 0 aliphatic rings. The Labute approximate surface area is 149 Å². The first-order chi connectivity index (χ1) is 11.3. The van der Waals surface area contributed by atoms with Crippen molar-refractivity contribution < 1.29 is 14.3 Å². The molecule has 24 heavy (non-hydrogen) atoms. The van der Waals surface area contributed by atoms with E-state index in [1.807, 2.05) is 19.1 Å². The van der Waals surface area contributed by atoms with E-state index in [1.165, 1.54) is 6.92 Å². The topological polar surface area (TPSA) is 81.4 Å². The smallest absolute Gasteiger partial charge is 0.341 e. The van der Waals surface area contributed by atoms with E-state index in [9.17, 15) is 9.59 Å². The molecule has 0 heterocycles. The Hall–Kier alpha value is -2.34. The van der Waals surface area contributed by atoms with Crippen LogP contribution in [-0.4, -0.2) is 18.0 Å². The summed E-state index contributed by atoms with van der Waals surface area (Å²) in [5, 5.41) is 2.73. The van der Waals surface area contributed by atoms with Gasteiger partial charge < -0.3 is 15.8 Å². The van der Waals surface area contributed by atoms with Gasteiger partial charge in [-0.2, -0.15) is 0 Å². The molecule has 5 nitrogen and oxygen atoms in total. The average Bonchev–Trinajstić information content (AvgIpc) is 2.52. The van der Waals surface area contributed by atoms with Gasteiger partial charge in [-0.15, -0.1) is 0 Å². The fourth-order valence-corrected chi connectivity index (χ4v) is 2.68. The molecule has 0 aliphatic heterocycles. The number of nitrogens with one attached hydrogen (secondary N) is 1. The Morgan fingerprint density at radius 1 is 1.21 bits per heavy atom. The van der Waals surface area contributed by atoms with Crippen molar-refractivity contribution in [3.63, 3.8) is 0 Å². The molecule has 0 bridgehead atoms. The maximum absolute atomic E-state index is 12.2. The minimum absolute atomic E-state index is 0.256. The molecule has 0 fully saturated rings. The molecule has 3 N–H and O–H groups in total. The van der Waals surface area contributed by atoms with Gasteiger partial charge in [0.15, 0.2) is 6.10 Å². The lowest BCUT2D eigenvalue weighted by molar-refractivity contribution is -0.123. The quantitative estimate of drug-likeness (QED) is 0.613. The Morgan fingerprint density at radius 3 is 2.58 bits per heavy atom. The lowest BCUT2D eigenvalue weighted by Crippen LogP contribution is -2.30. The molecular formula is C18H19BrN2O3. The molecule has 0 saturated heterocycles. The summed E-state index contributed by atoms with van der Waals surface area (Å²) in [6.45, 7) is 5.27. The molecule has 2 aromatic rings. The summed E-state index contributed by atoms with van der Waals surface area (Å²) in [5.41, 5.74) is 8.96. The Kier molecular flexibility index (Phi) is 5.62. The van der Waals surface area contributed by atoms with E-state index >= 15 is 0 Å². The van der Waals surface area contributed by atoms with E-state index < -0.39 is 18.0 Å². The Bertz CT molecular complexity index is 790. The lowest BCUT2D eigenvalue weighted by atomic mass is 10.1. The van der Waals surface area contributed by atoms with Gasteiger partial charge in [0.25, 0.3) is 5.91 Å². The predicted octanol–water partition coefficient (Wildman–Crippen LogP) is 3.83. The van der Waals surface area contributed by atoms with Crippen molar-refractivity contribution in [3.05, 3.63) is 57.6 Å². The third-order valence-electron chi connectivity index (χ3n) is 3.58. The second-order valence-corrected chi connectivity index (χ2v) is 6.41. The van der Waals surface area contributed by atoms with E-state index in [0.29, 0.717) is 11.4 Å². The van der Waals surface area contributed by atoms with Gasteiger partial charge in [-0.25, -0.2) is 4.79 Å². The molecule has 0 spiro atoms. The lowest BCUT2D eigenvalue weighted by Gasteiger charge is -2.15. The van der Waals surface area contributed by atoms with Crippen molar-refractivity contribution in [2.24, 2.45) is 0 Å². The monoisotopic (exact) mass is 390 g/mol. The van der Waals surface area contributed by atoms with Crippen molar-refractivity contribution >= 4 is 39.2 Å². The van der Waals surface area contributed by atoms with Crippen LogP contribution in [0, 0.1) is 13.8 Å². The van der Waals surface area contributed by atoms with E-state index in [0.717, 1.165) is 15.6 Å². The number of amides is 1. The largest absolute Gasteiger partial charge is 0.449 e. The average molecular weight is 391 g/mol. The highest BCUT2D eigenvalue weighted by atomic mass is 79.9. The summed E-state index contributed by atoms with van der Waals surface area (Å²) < 4.78 is 5.98. The fraction of sp³-hybridized carbons (Fsp3) is 0.222. The molecule has 0 unspecified atom stereocenters. The van der Waals surface area contributed by atoms with Gasteiger partial charge in [0.1, 0.15) is 0 Å². The standard InChI is InChI=1S/C18H19BrN2O3/c1-10-7-8-15(14(19)9-10)21-17(22)12(3)24-18(23)13-6-4-5-11(2)16(13)20/h4-9,12H,20H2,1-3H3,(H,21,22)/t12-/m1/s1. The van der Waals surface area contributed by atoms with Crippen LogP contribution >= 0.6 is 15.9 Å². The highest BCUT2D eigenvalue weighted by Gasteiger charge is 2.21. The van der Waals surface area contributed by atoms with E-state index in [2.05, 4.69) is 21.2 Å². The highest BCUT2D eigenvalue weighted by molar-refractivity contribution is 9.10. The van der Waals surface area contributed by atoms with Gasteiger partial charge in [0.05, 0.1) is 11.3 Å². The van der Waals surface area contributed by atoms with Crippen LogP contribution in [-0.2, 0) is 9.53 Å². The van der Waals surface area contributed by atoms with Crippen LogP contribution in [0.2, 0.25) is 0 Å². The molecule has 2 rings (SSSR count). The van der Waals surface area contributed by atoms with Crippen molar-refractivity contribution in [3.8, 4) is 0 Å². The van der Waals surface area contributed by atoms with Crippen LogP contribution in [0.25, 0.3) is 0 Å². The van der Waals surface area contributed by atoms with Gasteiger partial charge >= 0.3 is 5.97 Å². The Balaban J connectivity index is 2.06. The number of hydrogen-bond donors (Lipinski definition) is 2. The number of anilines is 2. The number of nitrogen functional groups attached to an aromatic ring is 1. The normalized spacial score (nSPS) is 11.7. The second kappa shape index (κ2) is 7.49. The van der Waals surface area contributed by atoms with Gasteiger partial charge in [-0.1, -0.05) is 18.2 Å². The van der Waals surface area contributed by atoms with Crippen LogP contribution in [0.3, 0.4) is 0 Å². The first-order valence-corrected chi connectivity index (χ1v) is 8.22. The van der Waals surface area contributed by atoms with Crippen LogP contribution < -0.4 is 11.1 Å². The summed E-state index contributed by atoms with van der Waals surface area (Å²) in [4.78, 5) is 24.4. The number of carbonyl (C=O) groups excluding carboxylic acids is 2. The molecule has 6 heteroatoms. The molecule has 0 saturated carbocycles. The molecular weight excluding hydrogens is 372 g/mol. The zero-order chi connectivity index (χ0) is 17.9. The number of carbonyl (C=O) groups is 2. The van der Waals surface area contributed by atoms with Crippen LogP contribution in [0.5, 0.6) is 0 Å². The molecule has 1 atom stereocenters. The number of benzene rings is 2. The predicted molar refractivity (Wildman–Crippen MR) is 98.0 cm³/mol. The molecule has 0 radical (unpaired) electrons. The van der Waals surface area contributed by atoms with E-state index in [4.69, 9.17) is 10.5 Å². The van der Waals surface area contributed by atoms with Crippen LogP contribution in [0.15, 0.2) is 40.9 Å². The third kappa shape index (κ3) is 4.14. The molecule has 0 aliphatic carbocycles. The summed E-state index contributed by atoms with van der Waals surface area (Å²) in [6.07, 6.45) is -0.953. The number of esters is 1. The Morgan fingerprint density at radius 2 is 1.92 bits per heavy atom. The molecule has 0 aromatic heterocycles. The number of ether oxygens (including phenoxy) is 1. The summed E-state index contributed by atoms with van der Waals surface area (Å²) in [7, 11) is 0. The van der Waals surface area contributed by atoms with E-state index in [-0.39, 0.29) is 5.56 Å². The number of rotatable bonds is 4. The van der Waals surface area contributed by atoms with E-state index in [1.54, 1.807) is 31.2 Å². The number of hydrogen-bond acceptors (Lipinski definition) is 4. The molecule has 2 aromatic carbocycles. The van der Waals surface area contributed by atoms with Crippen molar-refractivity contribution in [1.29, 1.82) is 0 Å². The molecule has 126 valence electrons. The van der Waals surface area contributed by atoms with Crippen LogP contribution in [0.1, 0.15) is 28.4 Å². The zero-order valence-corrected chi connectivity index (χ0v) is 15.3. The highest BCUT2D eigenvalue weighted by Crippen LogP contribution is 2.24. The summed E-state index contributed by atoms with van der Waals surface area (Å²) in [6, 6.07) is 10.6. The first-order valence-electron chi connectivity index (χ1n) is 7.42. The SMILES string of the molecule is Cc1ccc(NC(=O)[C@@H](C)OC(=O)c2cccc(C)c2N)c(Br)c1. The maximum atomic E-state index is 12.2. The van der Waals surface area contributed by atoms with Crippen LogP contribution in [0.4, 0.5) is 11.4 Å². The summed E-state index contributed by atoms with van der Waals surface area (Å²) in [5.74, 6) is -1.04. The second-order valence-electron chi connectivity index (χ2n) is 5.56. The molecule has 1 amide bonds. The van der Waals surface area contributed by atoms with Gasteiger partial charge in [0.2, 0.25) is 0 Å². The number of aryl methyl sites for hydroxylation is 2. The summed E-state index contributed by atoms with van der Waals surface area (Å²) >= 11 is 3.39. The number of para-hydroxylation sites is 1. The van der Waals surface area contributed by atoms with Gasteiger partial charge in [0, 0.05) is 10.2 Å². The minimum atomic E-state index is -0.953. The maximum Gasteiger partial charge on any atom is 0.341 e. The number of nitrogens with two attached hydrogens (primary N) is 1. The zero-order valence-electron chi connectivity index (χ0n) is 13.7. The number of halogens is 1. The van der Waals surface area contributed by atoms with Gasteiger partial charge in [-0.3, -0.25) is 4.79 Å². The fourth-order valence-electron chi connectivity index (χ4n) is 2.09. The third-order valence-corrected chi connectivity index (χ3v) is 4.24. The minimum Gasteiger partial charge on any atom is -0.449 e. The first kappa shape index (κ1) is 18.0. The van der Waals surface area contributed by atoms with Crippen molar-refractivity contribution in [2.45, 2.75) is 26.9 Å². The van der Waals surface area contributed by atoms with Crippen molar-refractivity contribution in [2.75, 3.05) is 11.1 Å².